The summed E-state index contributed by atoms with van der Waals surface area (Å²) in [4.78, 5) is 33.6. The molecule has 3 amide bonds. The SMILES string of the molecule is CNC(=O)CNC(=O)N[C@@H](Cc1ccc(O)cc1)C(=O)O. The number of aromatic hydroxyl groups is 1. The number of nitrogens with one attached hydrogen (secondary N) is 3. The van der Waals surface area contributed by atoms with E-state index in [4.69, 9.17) is 10.2 Å². The molecule has 5 N–H and O–H groups in total. The van der Waals surface area contributed by atoms with Crippen molar-refractivity contribution in [3.8, 4) is 5.75 Å². The van der Waals surface area contributed by atoms with Crippen LogP contribution in [-0.4, -0.2) is 47.8 Å². The van der Waals surface area contributed by atoms with E-state index in [9.17, 15) is 14.4 Å². The molecule has 1 aromatic carbocycles. The molecule has 21 heavy (non-hydrogen) atoms. The van der Waals surface area contributed by atoms with E-state index < -0.39 is 23.9 Å². The lowest BCUT2D eigenvalue weighted by Gasteiger charge is -2.15. The largest absolute Gasteiger partial charge is 0.508 e. The highest BCUT2D eigenvalue weighted by molar-refractivity contribution is 5.86. The molecule has 1 aromatic rings. The van der Waals surface area contributed by atoms with Gasteiger partial charge in [-0.05, 0) is 17.7 Å². The molecule has 8 nitrogen and oxygen atoms in total. The van der Waals surface area contributed by atoms with Gasteiger partial charge in [-0.1, -0.05) is 12.1 Å². The molecule has 0 aliphatic rings. The molecule has 0 spiro atoms. The van der Waals surface area contributed by atoms with Crippen molar-refractivity contribution >= 4 is 17.9 Å². The Morgan fingerprint density at radius 3 is 2.33 bits per heavy atom. The maximum absolute atomic E-state index is 11.5. The molecule has 1 rings (SSSR count). The summed E-state index contributed by atoms with van der Waals surface area (Å²) >= 11 is 0. The lowest BCUT2D eigenvalue weighted by molar-refractivity contribution is -0.139. The van der Waals surface area contributed by atoms with Crippen LogP contribution in [0.4, 0.5) is 4.79 Å². The molecule has 0 radical (unpaired) electrons. The molecular weight excluding hydrogens is 278 g/mol. The van der Waals surface area contributed by atoms with Gasteiger partial charge in [0.25, 0.3) is 0 Å². The van der Waals surface area contributed by atoms with E-state index in [1.165, 1.54) is 19.2 Å². The van der Waals surface area contributed by atoms with Crippen LogP contribution in [0.15, 0.2) is 24.3 Å². The number of phenols is 1. The lowest BCUT2D eigenvalue weighted by atomic mass is 10.1. The Bertz CT molecular complexity index is 515. The summed E-state index contributed by atoms with van der Waals surface area (Å²) in [6.07, 6.45) is 0.0585. The van der Waals surface area contributed by atoms with Gasteiger partial charge >= 0.3 is 12.0 Å². The van der Waals surface area contributed by atoms with Crippen molar-refractivity contribution in [2.24, 2.45) is 0 Å². The van der Waals surface area contributed by atoms with E-state index in [1.807, 2.05) is 0 Å². The van der Waals surface area contributed by atoms with Crippen LogP contribution in [0.3, 0.4) is 0 Å². The van der Waals surface area contributed by atoms with Gasteiger partial charge in [-0.25, -0.2) is 9.59 Å². The van der Waals surface area contributed by atoms with Gasteiger partial charge in [-0.2, -0.15) is 0 Å². The zero-order chi connectivity index (χ0) is 15.8. The molecule has 0 aliphatic heterocycles. The van der Waals surface area contributed by atoms with Crippen molar-refractivity contribution in [1.29, 1.82) is 0 Å². The van der Waals surface area contributed by atoms with Crippen molar-refractivity contribution in [2.75, 3.05) is 13.6 Å². The van der Waals surface area contributed by atoms with E-state index in [0.29, 0.717) is 5.56 Å². The average molecular weight is 295 g/mol. The molecule has 8 heteroatoms. The van der Waals surface area contributed by atoms with Gasteiger partial charge in [0.05, 0.1) is 6.54 Å². The number of hydrogen-bond acceptors (Lipinski definition) is 4. The van der Waals surface area contributed by atoms with Crippen LogP contribution < -0.4 is 16.0 Å². The number of aliphatic carboxylic acids is 1. The fourth-order valence-corrected chi connectivity index (χ4v) is 1.53. The average Bonchev–Trinajstić information content (AvgIpc) is 2.46. The first-order valence-electron chi connectivity index (χ1n) is 6.18. The second-order valence-electron chi connectivity index (χ2n) is 4.26. The van der Waals surface area contributed by atoms with Gasteiger partial charge in [0.15, 0.2) is 0 Å². The first-order chi connectivity index (χ1) is 9.92. The maximum Gasteiger partial charge on any atom is 0.326 e. The number of urea groups is 1. The summed E-state index contributed by atoms with van der Waals surface area (Å²) in [7, 11) is 1.42. The molecule has 0 heterocycles. The van der Waals surface area contributed by atoms with Gasteiger partial charge in [-0.3, -0.25) is 4.79 Å². The number of likely N-dealkylation sites (N-methyl/N-ethyl adjacent to an activating group) is 1. The van der Waals surface area contributed by atoms with Gasteiger partial charge in [-0.15, -0.1) is 0 Å². The van der Waals surface area contributed by atoms with E-state index in [0.717, 1.165) is 0 Å². The smallest absolute Gasteiger partial charge is 0.326 e. The van der Waals surface area contributed by atoms with E-state index in [1.54, 1.807) is 12.1 Å². The molecule has 0 bridgehead atoms. The van der Waals surface area contributed by atoms with Crippen molar-refractivity contribution in [2.45, 2.75) is 12.5 Å². The third kappa shape index (κ3) is 5.81. The number of carboxylic acids is 1. The highest BCUT2D eigenvalue weighted by atomic mass is 16.4. The lowest BCUT2D eigenvalue weighted by Crippen LogP contribution is -2.49. The number of phenolic OH excluding ortho intramolecular Hbond substituents is 1. The van der Waals surface area contributed by atoms with Crippen molar-refractivity contribution in [1.82, 2.24) is 16.0 Å². The summed E-state index contributed by atoms with van der Waals surface area (Å²) in [5.74, 6) is -1.52. The Balaban J connectivity index is 2.57. The summed E-state index contributed by atoms with van der Waals surface area (Å²) in [6.45, 7) is -0.242. The molecule has 1 atom stereocenters. The summed E-state index contributed by atoms with van der Waals surface area (Å²) < 4.78 is 0. The number of carbonyl (C=O) groups is 3. The third-order valence-corrected chi connectivity index (χ3v) is 2.67. The number of benzene rings is 1. The van der Waals surface area contributed by atoms with Crippen LogP contribution in [0, 0.1) is 0 Å². The minimum Gasteiger partial charge on any atom is -0.508 e. The molecule has 0 fully saturated rings. The topological polar surface area (TPSA) is 128 Å². The van der Waals surface area contributed by atoms with Crippen LogP contribution in [-0.2, 0) is 16.0 Å². The number of amides is 3. The quantitative estimate of drug-likeness (QED) is 0.480. The monoisotopic (exact) mass is 295 g/mol. The molecule has 0 saturated carbocycles. The Morgan fingerprint density at radius 1 is 1.19 bits per heavy atom. The molecule has 0 saturated heterocycles. The first kappa shape index (κ1) is 16.3. The van der Waals surface area contributed by atoms with Gasteiger partial charge in [0.2, 0.25) is 5.91 Å². The Labute approximate surface area is 121 Å². The van der Waals surface area contributed by atoms with Crippen molar-refractivity contribution < 1.29 is 24.6 Å². The second-order valence-corrected chi connectivity index (χ2v) is 4.26. The molecule has 114 valence electrons. The van der Waals surface area contributed by atoms with E-state index in [2.05, 4.69) is 16.0 Å². The van der Waals surface area contributed by atoms with Crippen LogP contribution in [0.25, 0.3) is 0 Å². The number of rotatable bonds is 6. The molecule has 0 aliphatic carbocycles. The number of hydrogen-bond donors (Lipinski definition) is 5. The molecular formula is C13H17N3O5. The van der Waals surface area contributed by atoms with Gasteiger partial charge in [0, 0.05) is 13.5 Å². The third-order valence-electron chi connectivity index (χ3n) is 2.67. The van der Waals surface area contributed by atoms with Crippen molar-refractivity contribution in [3.05, 3.63) is 29.8 Å². The van der Waals surface area contributed by atoms with E-state index in [-0.39, 0.29) is 18.7 Å². The maximum atomic E-state index is 11.5. The highest BCUT2D eigenvalue weighted by Crippen LogP contribution is 2.11. The van der Waals surface area contributed by atoms with Crippen LogP contribution in [0.2, 0.25) is 0 Å². The molecule has 0 unspecified atom stereocenters. The summed E-state index contributed by atoms with van der Waals surface area (Å²) in [6, 6.07) is 4.11. The normalized spacial score (nSPS) is 11.3. The standard InChI is InChI=1S/C13H17N3O5/c1-14-11(18)7-15-13(21)16-10(12(19)20)6-8-2-4-9(17)5-3-8/h2-5,10,17H,6-7H2,1H3,(H,14,18)(H,19,20)(H2,15,16,21)/t10-/m0/s1. The van der Waals surface area contributed by atoms with Gasteiger partial charge in [0.1, 0.15) is 11.8 Å². The van der Waals surface area contributed by atoms with E-state index >= 15 is 0 Å². The van der Waals surface area contributed by atoms with Crippen molar-refractivity contribution in [3.63, 3.8) is 0 Å². The van der Waals surface area contributed by atoms with Crippen LogP contribution >= 0.6 is 0 Å². The fraction of sp³-hybridized carbons (Fsp3) is 0.308. The van der Waals surface area contributed by atoms with Crippen LogP contribution in [0.1, 0.15) is 5.56 Å². The highest BCUT2D eigenvalue weighted by Gasteiger charge is 2.20. The zero-order valence-electron chi connectivity index (χ0n) is 11.4. The molecule has 0 aromatic heterocycles. The Morgan fingerprint density at radius 2 is 1.81 bits per heavy atom. The predicted octanol–water partition coefficient (Wildman–Crippen LogP) is -0.567. The summed E-state index contributed by atoms with van der Waals surface area (Å²) in [5, 5.41) is 25.1. The zero-order valence-corrected chi connectivity index (χ0v) is 11.4. The minimum atomic E-state index is -1.20. The summed E-state index contributed by atoms with van der Waals surface area (Å²) in [5.41, 5.74) is 0.645. The number of carboxylic acid groups (broad SMARTS) is 1. The minimum absolute atomic E-state index is 0.0585. The Kier molecular flexibility index (Phi) is 5.99. The van der Waals surface area contributed by atoms with Crippen LogP contribution in [0.5, 0.6) is 5.75 Å². The first-order valence-corrected chi connectivity index (χ1v) is 6.18. The predicted molar refractivity (Wildman–Crippen MR) is 73.8 cm³/mol. The second kappa shape index (κ2) is 7.73. The van der Waals surface area contributed by atoms with Gasteiger partial charge < -0.3 is 26.2 Å². The Hall–Kier alpha value is -2.77. The number of carbonyl (C=O) groups excluding carboxylic acids is 2. The fourth-order valence-electron chi connectivity index (χ4n) is 1.53.